The standard InChI is InChI=1S/C8H8O2S4/c1-10-8(9)3-2-4(11)6(13)7(14)5(3)12/h2,11-14H,1H3. The van der Waals surface area contributed by atoms with Crippen LogP contribution in [0.15, 0.2) is 25.6 Å². The number of benzene rings is 1. The Morgan fingerprint density at radius 2 is 1.71 bits per heavy atom. The third-order valence-corrected chi connectivity index (χ3v) is 3.89. The first-order chi connectivity index (χ1) is 6.49. The fourth-order valence-electron chi connectivity index (χ4n) is 0.900. The zero-order valence-electron chi connectivity index (χ0n) is 7.18. The Hall–Kier alpha value is 0.0900. The molecule has 1 aromatic rings. The Kier molecular flexibility index (Phi) is 4.12. The number of thiol groups is 4. The molecular formula is C8H8O2S4. The summed E-state index contributed by atoms with van der Waals surface area (Å²) in [5.41, 5.74) is 0.337. The summed E-state index contributed by atoms with van der Waals surface area (Å²) in [5, 5.41) is 0. The van der Waals surface area contributed by atoms with Crippen molar-refractivity contribution < 1.29 is 9.53 Å². The average Bonchev–Trinajstić information content (AvgIpc) is 2.19. The van der Waals surface area contributed by atoms with E-state index < -0.39 is 5.97 Å². The highest BCUT2D eigenvalue weighted by Gasteiger charge is 2.15. The van der Waals surface area contributed by atoms with E-state index in [9.17, 15) is 4.79 Å². The molecular weight excluding hydrogens is 256 g/mol. The van der Waals surface area contributed by atoms with Crippen molar-refractivity contribution in [1.29, 1.82) is 0 Å². The van der Waals surface area contributed by atoms with Crippen molar-refractivity contribution in [3.63, 3.8) is 0 Å². The molecule has 6 heteroatoms. The smallest absolute Gasteiger partial charge is 0.339 e. The molecule has 14 heavy (non-hydrogen) atoms. The molecule has 0 fully saturated rings. The Bertz CT molecular complexity index is 389. The van der Waals surface area contributed by atoms with Crippen molar-refractivity contribution in [2.45, 2.75) is 19.6 Å². The Balaban J connectivity index is 3.40. The molecule has 0 radical (unpaired) electrons. The molecule has 0 saturated carbocycles. The predicted molar refractivity (Wildman–Crippen MR) is 66.8 cm³/mol. The summed E-state index contributed by atoms with van der Waals surface area (Å²) < 4.78 is 4.59. The second kappa shape index (κ2) is 4.74. The summed E-state index contributed by atoms with van der Waals surface area (Å²) in [6.45, 7) is 0. The number of carbonyl (C=O) groups excluding carboxylic acids is 1. The minimum Gasteiger partial charge on any atom is -0.465 e. The van der Waals surface area contributed by atoms with Crippen LogP contribution in [0.2, 0.25) is 0 Å². The van der Waals surface area contributed by atoms with Gasteiger partial charge in [-0.1, -0.05) is 0 Å². The van der Waals surface area contributed by atoms with Gasteiger partial charge in [-0.15, -0.1) is 50.5 Å². The number of esters is 1. The van der Waals surface area contributed by atoms with Crippen LogP contribution in [0.1, 0.15) is 10.4 Å². The van der Waals surface area contributed by atoms with Crippen molar-refractivity contribution >= 4 is 56.5 Å². The lowest BCUT2D eigenvalue weighted by Crippen LogP contribution is -2.03. The van der Waals surface area contributed by atoms with Gasteiger partial charge in [-0.25, -0.2) is 4.79 Å². The Labute approximate surface area is 104 Å². The maximum Gasteiger partial charge on any atom is 0.339 e. The largest absolute Gasteiger partial charge is 0.465 e. The molecule has 1 rings (SSSR count). The SMILES string of the molecule is COC(=O)c1cc(S)c(S)c(S)c1S. The fourth-order valence-corrected chi connectivity index (χ4v) is 2.00. The van der Waals surface area contributed by atoms with Gasteiger partial charge in [0.15, 0.2) is 0 Å². The van der Waals surface area contributed by atoms with Crippen molar-refractivity contribution in [1.82, 2.24) is 0 Å². The lowest BCUT2D eigenvalue weighted by Gasteiger charge is -2.09. The van der Waals surface area contributed by atoms with E-state index in [1.165, 1.54) is 7.11 Å². The maximum absolute atomic E-state index is 11.3. The Morgan fingerprint density at radius 3 is 2.21 bits per heavy atom. The van der Waals surface area contributed by atoms with Crippen molar-refractivity contribution in [2.24, 2.45) is 0 Å². The van der Waals surface area contributed by atoms with Crippen LogP contribution in [-0.4, -0.2) is 13.1 Å². The summed E-state index contributed by atoms with van der Waals surface area (Å²) >= 11 is 16.7. The van der Waals surface area contributed by atoms with E-state index in [-0.39, 0.29) is 0 Å². The third-order valence-electron chi connectivity index (χ3n) is 1.63. The summed E-state index contributed by atoms with van der Waals surface area (Å²) in [6.07, 6.45) is 0. The van der Waals surface area contributed by atoms with Gasteiger partial charge in [0.1, 0.15) is 0 Å². The van der Waals surface area contributed by atoms with Gasteiger partial charge < -0.3 is 4.74 Å². The molecule has 1 aromatic carbocycles. The van der Waals surface area contributed by atoms with E-state index in [0.29, 0.717) is 25.1 Å². The zero-order chi connectivity index (χ0) is 10.9. The average molecular weight is 264 g/mol. The normalized spacial score (nSPS) is 10.1. The molecule has 0 aliphatic carbocycles. The zero-order valence-corrected chi connectivity index (χ0v) is 10.8. The molecule has 0 N–H and O–H groups in total. The van der Waals surface area contributed by atoms with Crippen LogP contribution in [0.25, 0.3) is 0 Å². The van der Waals surface area contributed by atoms with Crippen LogP contribution >= 0.6 is 50.5 Å². The van der Waals surface area contributed by atoms with E-state index in [4.69, 9.17) is 0 Å². The van der Waals surface area contributed by atoms with Crippen LogP contribution in [0.4, 0.5) is 0 Å². The van der Waals surface area contributed by atoms with Crippen molar-refractivity contribution in [3.05, 3.63) is 11.6 Å². The van der Waals surface area contributed by atoms with Gasteiger partial charge in [0.2, 0.25) is 0 Å². The van der Waals surface area contributed by atoms with E-state index in [1.807, 2.05) is 0 Å². The van der Waals surface area contributed by atoms with Crippen molar-refractivity contribution in [2.75, 3.05) is 7.11 Å². The van der Waals surface area contributed by atoms with E-state index in [0.717, 1.165) is 0 Å². The van der Waals surface area contributed by atoms with Crippen LogP contribution in [-0.2, 0) is 4.74 Å². The van der Waals surface area contributed by atoms with Gasteiger partial charge in [-0.05, 0) is 6.07 Å². The summed E-state index contributed by atoms with van der Waals surface area (Å²) in [5.74, 6) is -0.464. The molecule has 0 aromatic heterocycles. The number of hydrogen-bond acceptors (Lipinski definition) is 6. The number of carbonyl (C=O) groups is 1. The number of methoxy groups -OCH3 is 1. The molecule has 0 unspecified atom stereocenters. The molecule has 76 valence electrons. The second-order valence-electron chi connectivity index (χ2n) is 2.48. The van der Waals surface area contributed by atoms with Crippen LogP contribution < -0.4 is 0 Å². The molecule has 0 spiro atoms. The number of rotatable bonds is 1. The lowest BCUT2D eigenvalue weighted by atomic mass is 10.2. The molecule has 0 aliphatic heterocycles. The van der Waals surface area contributed by atoms with E-state index >= 15 is 0 Å². The quantitative estimate of drug-likeness (QED) is 0.463. The third kappa shape index (κ3) is 2.18. The highest BCUT2D eigenvalue weighted by Crippen LogP contribution is 2.34. The molecule has 0 heterocycles. The molecule has 0 saturated heterocycles. The summed E-state index contributed by atoms with van der Waals surface area (Å²) in [4.78, 5) is 13.4. The van der Waals surface area contributed by atoms with Gasteiger partial charge in [-0.3, -0.25) is 0 Å². The molecule has 0 bridgehead atoms. The van der Waals surface area contributed by atoms with E-state index in [1.54, 1.807) is 6.07 Å². The van der Waals surface area contributed by atoms with Crippen LogP contribution in [0.3, 0.4) is 0 Å². The van der Waals surface area contributed by atoms with Crippen molar-refractivity contribution in [3.8, 4) is 0 Å². The van der Waals surface area contributed by atoms with Gasteiger partial charge in [-0.2, -0.15) is 0 Å². The number of ether oxygens (including phenoxy) is 1. The first-order valence-electron chi connectivity index (χ1n) is 3.54. The fraction of sp³-hybridized carbons (Fsp3) is 0.125. The molecule has 0 aliphatic rings. The topological polar surface area (TPSA) is 26.3 Å². The molecule has 2 nitrogen and oxygen atoms in total. The maximum atomic E-state index is 11.3. The minimum absolute atomic E-state index is 0.337. The van der Waals surface area contributed by atoms with Crippen LogP contribution in [0.5, 0.6) is 0 Å². The summed E-state index contributed by atoms with van der Waals surface area (Å²) in [6, 6.07) is 1.55. The minimum atomic E-state index is -0.464. The van der Waals surface area contributed by atoms with Gasteiger partial charge in [0.05, 0.1) is 12.7 Å². The van der Waals surface area contributed by atoms with E-state index in [2.05, 4.69) is 55.3 Å². The first kappa shape index (κ1) is 12.2. The Morgan fingerprint density at radius 1 is 1.14 bits per heavy atom. The highest BCUT2D eigenvalue weighted by molar-refractivity contribution is 7.86. The summed E-state index contributed by atoms with van der Waals surface area (Å²) in [7, 11) is 1.31. The highest BCUT2D eigenvalue weighted by atomic mass is 32.1. The molecule has 0 amide bonds. The van der Waals surface area contributed by atoms with Gasteiger partial charge >= 0.3 is 5.97 Å². The predicted octanol–water partition coefficient (Wildman–Crippen LogP) is 2.63. The van der Waals surface area contributed by atoms with Crippen LogP contribution in [0, 0.1) is 0 Å². The first-order valence-corrected chi connectivity index (χ1v) is 5.33. The van der Waals surface area contributed by atoms with Gasteiger partial charge in [0, 0.05) is 19.6 Å². The molecule has 0 atom stereocenters. The second-order valence-corrected chi connectivity index (χ2v) is 4.30. The van der Waals surface area contributed by atoms with Gasteiger partial charge in [0.25, 0.3) is 0 Å². The lowest BCUT2D eigenvalue weighted by molar-refractivity contribution is 0.0595. The number of hydrogen-bond donors (Lipinski definition) is 4. The monoisotopic (exact) mass is 264 g/mol.